The fourth-order valence-electron chi connectivity index (χ4n) is 2.82. The molecule has 6 heteroatoms. The predicted octanol–water partition coefficient (Wildman–Crippen LogP) is 4.96. The Labute approximate surface area is 156 Å². The fraction of sp³-hybridized carbons (Fsp3) is 0.211. The molecule has 0 saturated heterocycles. The summed E-state index contributed by atoms with van der Waals surface area (Å²) >= 11 is 12.1. The molecule has 1 aromatic heterocycles. The Morgan fingerprint density at radius 2 is 1.92 bits per heavy atom. The Hall–Kier alpha value is -2.17. The molecule has 0 atom stereocenters. The number of halogens is 2. The van der Waals surface area contributed by atoms with Crippen LogP contribution in [0.25, 0.3) is 10.9 Å². The number of H-pyrrole nitrogens is 1. The SMILES string of the molecule is CC(C)(CNc1cc(C(N)=O)c2cc[nH]c2c1)c1ccc(Cl)c(Cl)c1. The van der Waals surface area contributed by atoms with E-state index >= 15 is 0 Å². The maximum Gasteiger partial charge on any atom is 0.249 e. The Morgan fingerprint density at radius 3 is 2.60 bits per heavy atom. The number of aromatic amines is 1. The van der Waals surface area contributed by atoms with Crippen molar-refractivity contribution in [2.45, 2.75) is 19.3 Å². The van der Waals surface area contributed by atoms with E-state index in [2.05, 4.69) is 24.1 Å². The van der Waals surface area contributed by atoms with Crippen molar-refractivity contribution < 1.29 is 4.79 Å². The molecule has 0 aliphatic rings. The van der Waals surface area contributed by atoms with E-state index in [1.807, 2.05) is 24.3 Å². The van der Waals surface area contributed by atoms with Gasteiger partial charge in [-0.15, -0.1) is 0 Å². The number of fused-ring (bicyclic) bond motifs is 1. The molecule has 0 radical (unpaired) electrons. The van der Waals surface area contributed by atoms with E-state index in [0.29, 0.717) is 22.2 Å². The minimum absolute atomic E-state index is 0.189. The van der Waals surface area contributed by atoms with Crippen molar-refractivity contribution in [3.63, 3.8) is 0 Å². The van der Waals surface area contributed by atoms with Gasteiger partial charge in [0, 0.05) is 34.7 Å². The first kappa shape index (κ1) is 17.6. The summed E-state index contributed by atoms with van der Waals surface area (Å²) in [6.45, 7) is 4.87. The maximum atomic E-state index is 11.7. The van der Waals surface area contributed by atoms with E-state index in [4.69, 9.17) is 28.9 Å². The van der Waals surface area contributed by atoms with Crippen LogP contribution in [-0.2, 0) is 5.41 Å². The molecule has 130 valence electrons. The normalized spacial score (nSPS) is 11.7. The van der Waals surface area contributed by atoms with Gasteiger partial charge in [-0.25, -0.2) is 0 Å². The molecule has 25 heavy (non-hydrogen) atoms. The second kappa shape index (κ2) is 6.62. The Bertz CT molecular complexity index is 947. The molecular weight excluding hydrogens is 357 g/mol. The zero-order valence-electron chi connectivity index (χ0n) is 14.0. The van der Waals surface area contributed by atoms with Gasteiger partial charge in [0.2, 0.25) is 5.91 Å². The molecule has 0 saturated carbocycles. The molecule has 0 bridgehead atoms. The van der Waals surface area contributed by atoms with Gasteiger partial charge < -0.3 is 16.0 Å². The summed E-state index contributed by atoms with van der Waals surface area (Å²) < 4.78 is 0. The van der Waals surface area contributed by atoms with E-state index in [1.165, 1.54) is 0 Å². The van der Waals surface area contributed by atoms with E-state index in [9.17, 15) is 4.79 Å². The van der Waals surface area contributed by atoms with E-state index in [0.717, 1.165) is 22.2 Å². The lowest BCUT2D eigenvalue weighted by molar-refractivity contribution is 0.100. The molecular formula is C19H19Cl2N3O. The van der Waals surface area contributed by atoms with Gasteiger partial charge in [0.25, 0.3) is 0 Å². The fourth-order valence-corrected chi connectivity index (χ4v) is 3.11. The van der Waals surface area contributed by atoms with Gasteiger partial charge in [-0.2, -0.15) is 0 Å². The van der Waals surface area contributed by atoms with Crippen LogP contribution in [-0.4, -0.2) is 17.4 Å². The quantitative estimate of drug-likeness (QED) is 0.589. The second-order valence-electron chi connectivity index (χ2n) is 6.69. The minimum Gasteiger partial charge on any atom is -0.384 e. The number of carbonyl (C=O) groups excluding carboxylic acids is 1. The number of carbonyl (C=O) groups is 1. The van der Waals surface area contributed by atoms with Gasteiger partial charge in [-0.05, 0) is 35.9 Å². The molecule has 0 aliphatic heterocycles. The van der Waals surface area contributed by atoms with Gasteiger partial charge in [-0.1, -0.05) is 43.1 Å². The van der Waals surface area contributed by atoms with Crippen molar-refractivity contribution in [1.29, 1.82) is 0 Å². The molecule has 1 heterocycles. The Morgan fingerprint density at radius 1 is 1.16 bits per heavy atom. The third kappa shape index (κ3) is 3.60. The summed E-state index contributed by atoms with van der Waals surface area (Å²) in [5.41, 5.74) is 8.58. The first-order valence-electron chi connectivity index (χ1n) is 7.88. The topological polar surface area (TPSA) is 70.9 Å². The Balaban J connectivity index is 1.86. The molecule has 3 rings (SSSR count). The minimum atomic E-state index is -0.447. The number of primary amides is 1. The van der Waals surface area contributed by atoms with Crippen LogP contribution < -0.4 is 11.1 Å². The Kier molecular flexibility index (Phi) is 4.67. The number of amides is 1. The number of nitrogens with one attached hydrogen (secondary N) is 2. The van der Waals surface area contributed by atoms with Crippen LogP contribution >= 0.6 is 23.2 Å². The van der Waals surface area contributed by atoms with Gasteiger partial charge in [0.05, 0.1) is 15.6 Å². The van der Waals surface area contributed by atoms with Crippen LogP contribution in [0.2, 0.25) is 10.0 Å². The molecule has 0 aliphatic carbocycles. The van der Waals surface area contributed by atoms with Crippen molar-refractivity contribution in [3.05, 3.63) is 63.8 Å². The lowest BCUT2D eigenvalue weighted by Crippen LogP contribution is -2.27. The highest BCUT2D eigenvalue weighted by molar-refractivity contribution is 6.42. The number of rotatable bonds is 5. The number of aromatic nitrogens is 1. The van der Waals surface area contributed by atoms with Crippen LogP contribution in [0, 0.1) is 0 Å². The van der Waals surface area contributed by atoms with Crippen LogP contribution in [0.1, 0.15) is 29.8 Å². The van der Waals surface area contributed by atoms with Gasteiger partial charge >= 0.3 is 0 Å². The van der Waals surface area contributed by atoms with Crippen LogP contribution in [0.4, 0.5) is 5.69 Å². The highest BCUT2D eigenvalue weighted by Crippen LogP contribution is 2.31. The summed E-state index contributed by atoms with van der Waals surface area (Å²) in [7, 11) is 0. The van der Waals surface area contributed by atoms with Crippen molar-refractivity contribution in [2.75, 3.05) is 11.9 Å². The molecule has 1 amide bonds. The molecule has 4 nitrogen and oxygen atoms in total. The van der Waals surface area contributed by atoms with E-state index in [1.54, 1.807) is 18.3 Å². The average molecular weight is 376 g/mol. The monoisotopic (exact) mass is 375 g/mol. The number of benzene rings is 2. The van der Waals surface area contributed by atoms with Crippen molar-refractivity contribution in [3.8, 4) is 0 Å². The molecule has 2 aromatic carbocycles. The molecule has 4 N–H and O–H groups in total. The maximum absolute atomic E-state index is 11.7. The molecule has 0 spiro atoms. The number of hydrogen-bond acceptors (Lipinski definition) is 2. The first-order valence-corrected chi connectivity index (χ1v) is 8.64. The third-order valence-corrected chi connectivity index (χ3v) is 5.11. The van der Waals surface area contributed by atoms with Crippen molar-refractivity contribution in [2.24, 2.45) is 5.73 Å². The first-order chi connectivity index (χ1) is 11.8. The molecule has 3 aromatic rings. The number of hydrogen-bond donors (Lipinski definition) is 3. The van der Waals surface area contributed by atoms with Crippen LogP contribution in [0.5, 0.6) is 0 Å². The third-order valence-electron chi connectivity index (χ3n) is 4.37. The second-order valence-corrected chi connectivity index (χ2v) is 7.51. The van der Waals surface area contributed by atoms with Crippen LogP contribution in [0.3, 0.4) is 0 Å². The average Bonchev–Trinajstić information content (AvgIpc) is 3.03. The largest absolute Gasteiger partial charge is 0.384 e. The zero-order valence-corrected chi connectivity index (χ0v) is 15.5. The summed E-state index contributed by atoms with van der Waals surface area (Å²) in [5, 5.41) is 5.29. The number of anilines is 1. The predicted molar refractivity (Wildman–Crippen MR) is 105 cm³/mol. The molecule has 0 unspecified atom stereocenters. The number of nitrogens with two attached hydrogens (primary N) is 1. The molecule has 0 fully saturated rings. The zero-order chi connectivity index (χ0) is 18.2. The van der Waals surface area contributed by atoms with E-state index < -0.39 is 5.91 Å². The summed E-state index contributed by atoms with van der Waals surface area (Å²) in [6.07, 6.45) is 1.79. The van der Waals surface area contributed by atoms with Crippen LogP contribution in [0.15, 0.2) is 42.6 Å². The summed E-state index contributed by atoms with van der Waals surface area (Å²) in [5.74, 6) is -0.447. The van der Waals surface area contributed by atoms with Crippen molar-refractivity contribution >= 4 is 45.7 Å². The van der Waals surface area contributed by atoms with Gasteiger partial charge in [0.15, 0.2) is 0 Å². The van der Waals surface area contributed by atoms with Gasteiger partial charge in [-0.3, -0.25) is 4.79 Å². The van der Waals surface area contributed by atoms with Crippen molar-refractivity contribution in [1.82, 2.24) is 4.98 Å². The lowest BCUT2D eigenvalue weighted by atomic mass is 9.84. The summed E-state index contributed by atoms with van der Waals surface area (Å²) in [4.78, 5) is 14.8. The summed E-state index contributed by atoms with van der Waals surface area (Å²) in [6, 6.07) is 11.2. The lowest BCUT2D eigenvalue weighted by Gasteiger charge is -2.27. The highest BCUT2D eigenvalue weighted by Gasteiger charge is 2.22. The highest BCUT2D eigenvalue weighted by atomic mass is 35.5. The smallest absolute Gasteiger partial charge is 0.249 e. The van der Waals surface area contributed by atoms with Gasteiger partial charge in [0.1, 0.15) is 0 Å². The van der Waals surface area contributed by atoms with E-state index in [-0.39, 0.29) is 5.41 Å². The standard InChI is InChI=1S/C19H19Cl2N3O/c1-19(2,11-3-4-15(20)16(21)7-11)10-24-12-8-14(18(22)25)13-5-6-23-17(13)9-12/h3-9,23-24H,10H2,1-2H3,(H2,22,25).